The number of aliphatic hydroxyl groups excluding tert-OH is 2. The summed E-state index contributed by atoms with van der Waals surface area (Å²) in [5.74, 6) is 7.30. The van der Waals surface area contributed by atoms with Crippen LogP contribution in [0.25, 0.3) is 0 Å². The first-order valence-electron chi connectivity index (χ1n) is 14.0. The molecule has 0 radical (unpaired) electrons. The highest BCUT2D eigenvalue weighted by atomic mass is 16.5. The van der Waals surface area contributed by atoms with Crippen molar-refractivity contribution in [2.45, 2.75) is 30.2 Å². The van der Waals surface area contributed by atoms with Gasteiger partial charge in [-0.05, 0) is 68.2 Å². The highest BCUT2D eigenvalue weighted by Gasteiger charge is 2.51. The van der Waals surface area contributed by atoms with Crippen molar-refractivity contribution < 1.29 is 19.7 Å². The lowest BCUT2D eigenvalue weighted by molar-refractivity contribution is -0.105. The SMILES string of the molecule is COc1ccc(NC(=O)N2CC(O)C(O)CN3C(C2)C(c2ccc(C#Cc4ccccc4)cc2)[C@H]3CN(C)C)cc1. The second-order valence-corrected chi connectivity index (χ2v) is 11.1. The van der Waals surface area contributed by atoms with Crippen molar-refractivity contribution in [2.24, 2.45) is 0 Å². The zero-order valence-electron chi connectivity index (χ0n) is 23.8. The van der Waals surface area contributed by atoms with E-state index in [9.17, 15) is 15.0 Å². The first-order valence-corrected chi connectivity index (χ1v) is 14.0. The van der Waals surface area contributed by atoms with E-state index in [0.717, 1.165) is 17.7 Å². The number of β-amino-alcohol motifs (C(OH)–C–C–N with tert-alkyl or cyclic N) is 1. The number of ether oxygens (including phenoxy) is 1. The van der Waals surface area contributed by atoms with Crippen molar-refractivity contribution >= 4 is 11.7 Å². The van der Waals surface area contributed by atoms with Crippen molar-refractivity contribution in [1.29, 1.82) is 0 Å². The standard InChI is InChI=1S/C33H38N4O4/c1-35(2)19-28-32(25-13-11-24(12-14-25)10-9-23-7-5-4-6-8-23)29-20-36(21-30(38)31(39)22-37(28)29)33(40)34-26-15-17-27(41-3)18-16-26/h4-8,11-18,28-32,38-39H,19-22H2,1-3H3,(H,34,40)/t28-,29?,30?,31?,32?/m1/s1. The Kier molecular flexibility index (Phi) is 8.91. The summed E-state index contributed by atoms with van der Waals surface area (Å²) in [6, 6.07) is 25.2. The van der Waals surface area contributed by atoms with Gasteiger partial charge in [0.05, 0.1) is 25.9 Å². The number of carbonyl (C=O) groups is 1. The first-order chi connectivity index (χ1) is 19.8. The lowest BCUT2D eigenvalue weighted by atomic mass is 9.73. The Labute approximate surface area is 242 Å². The molecule has 3 N–H and O–H groups in total. The molecule has 2 saturated heterocycles. The molecular formula is C33H38N4O4. The zero-order valence-corrected chi connectivity index (χ0v) is 23.8. The van der Waals surface area contributed by atoms with E-state index in [2.05, 4.69) is 51.2 Å². The molecule has 0 aliphatic carbocycles. The number of hydrogen-bond acceptors (Lipinski definition) is 6. The van der Waals surface area contributed by atoms with Gasteiger partial charge in [-0.3, -0.25) is 4.90 Å². The van der Waals surface area contributed by atoms with Crippen LogP contribution >= 0.6 is 0 Å². The van der Waals surface area contributed by atoms with Gasteiger partial charge < -0.3 is 30.1 Å². The number of likely N-dealkylation sites (N-methyl/N-ethyl adjacent to an activating group) is 1. The molecule has 2 amide bonds. The molecule has 5 atom stereocenters. The number of amides is 2. The molecule has 0 bridgehead atoms. The fraction of sp³-hybridized carbons (Fsp3) is 0.364. The molecule has 3 aromatic carbocycles. The molecule has 3 aromatic rings. The highest BCUT2D eigenvalue weighted by Crippen LogP contribution is 2.42. The average molecular weight is 555 g/mol. The lowest BCUT2D eigenvalue weighted by Gasteiger charge is -2.59. The fourth-order valence-electron chi connectivity index (χ4n) is 5.82. The van der Waals surface area contributed by atoms with E-state index in [0.29, 0.717) is 24.5 Å². The van der Waals surface area contributed by atoms with E-state index in [1.165, 1.54) is 5.56 Å². The maximum atomic E-state index is 13.4. The number of rotatable bonds is 5. The third kappa shape index (κ3) is 6.72. The van der Waals surface area contributed by atoms with Gasteiger partial charge in [0.25, 0.3) is 0 Å². The monoisotopic (exact) mass is 554 g/mol. The molecule has 8 heteroatoms. The van der Waals surface area contributed by atoms with Gasteiger partial charge in [0.15, 0.2) is 0 Å². The summed E-state index contributed by atoms with van der Waals surface area (Å²) in [5, 5.41) is 24.5. The molecule has 4 unspecified atom stereocenters. The van der Waals surface area contributed by atoms with Gasteiger partial charge in [0.1, 0.15) is 5.75 Å². The van der Waals surface area contributed by atoms with Crippen molar-refractivity contribution in [1.82, 2.24) is 14.7 Å². The van der Waals surface area contributed by atoms with Gasteiger partial charge in [-0.1, -0.05) is 42.2 Å². The number of methoxy groups -OCH3 is 1. The van der Waals surface area contributed by atoms with Crippen LogP contribution in [0, 0.1) is 11.8 Å². The Hall–Kier alpha value is -3.87. The topological polar surface area (TPSA) is 88.5 Å². The normalized spacial score (nSPS) is 24.2. The predicted octanol–water partition coefficient (Wildman–Crippen LogP) is 3.06. The number of hydrogen-bond donors (Lipinski definition) is 3. The molecule has 0 aromatic heterocycles. The maximum Gasteiger partial charge on any atom is 0.321 e. The Bertz CT molecular complexity index is 1370. The van der Waals surface area contributed by atoms with Crippen molar-refractivity contribution in [3.8, 4) is 17.6 Å². The molecule has 2 fully saturated rings. The summed E-state index contributed by atoms with van der Waals surface area (Å²) < 4.78 is 5.21. The summed E-state index contributed by atoms with van der Waals surface area (Å²) in [6.07, 6.45) is -2.01. The molecule has 8 nitrogen and oxygen atoms in total. The van der Waals surface area contributed by atoms with E-state index in [4.69, 9.17) is 4.74 Å². The van der Waals surface area contributed by atoms with Crippen LogP contribution in [0.3, 0.4) is 0 Å². The molecule has 2 aliphatic heterocycles. The van der Waals surface area contributed by atoms with Crippen molar-refractivity contribution in [2.75, 3.05) is 52.7 Å². The highest BCUT2D eigenvalue weighted by molar-refractivity contribution is 5.89. The van der Waals surface area contributed by atoms with Crippen LogP contribution in [-0.4, -0.2) is 103 Å². The van der Waals surface area contributed by atoms with Crippen LogP contribution in [0.5, 0.6) is 5.75 Å². The lowest BCUT2D eigenvalue weighted by Crippen LogP contribution is -2.71. The molecule has 5 rings (SSSR count). The van der Waals surface area contributed by atoms with Gasteiger partial charge in [0, 0.05) is 54.5 Å². The molecule has 2 heterocycles. The summed E-state index contributed by atoms with van der Waals surface area (Å²) in [5.41, 5.74) is 3.72. The smallest absolute Gasteiger partial charge is 0.321 e. The van der Waals surface area contributed by atoms with E-state index in [1.54, 1.807) is 36.3 Å². The number of carbonyl (C=O) groups excluding carboxylic acids is 1. The third-order valence-electron chi connectivity index (χ3n) is 7.94. The van der Waals surface area contributed by atoms with Gasteiger partial charge in [0.2, 0.25) is 0 Å². The summed E-state index contributed by atoms with van der Waals surface area (Å²) in [6.45, 7) is 1.62. The molecule has 0 saturated carbocycles. The Morgan fingerprint density at radius 2 is 1.54 bits per heavy atom. The molecule has 2 aliphatic rings. The second kappa shape index (κ2) is 12.8. The Balaban J connectivity index is 1.38. The Morgan fingerprint density at radius 1 is 0.902 bits per heavy atom. The van der Waals surface area contributed by atoms with Crippen molar-refractivity contribution in [3.63, 3.8) is 0 Å². The number of anilines is 1. The van der Waals surface area contributed by atoms with Crippen LogP contribution in [0.2, 0.25) is 0 Å². The van der Waals surface area contributed by atoms with Crippen molar-refractivity contribution in [3.05, 3.63) is 95.6 Å². The predicted molar refractivity (Wildman–Crippen MR) is 160 cm³/mol. The number of nitrogens with zero attached hydrogens (tertiary/aromatic N) is 3. The number of fused-ring (bicyclic) bond motifs is 1. The minimum Gasteiger partial charge on any atom is -0.497 e. The fourth-order valence-corrected chi connectivity index (χ4v) is 5.82. The van der Waals surface area contributed by atoms with Gasteiger partial charge in [-0.2, -0.15) is 0 Å². The van der Waals surface area contributed by atoms with Crippen LogP contribution in [0.15, 0.2) is 78.9 Å². The number of aliphatic hydroxyl groups is 2. The van der Waals surface area contributed by atoms with E-state index >= 15 is 0 Å². The number of nitrogens with one attached hydrogen (secondary N) is 1. The zero-order chi connectivity index (χ0) is 28.9. The minimum atomic E-state index is -1.04. The number of benzene rings is 3. The number of urea groups is 1. The molecule has 0 spiro atoms. The van der Waals surface area contributed by atoms with E-state index in [1.807, 2.05) is 44.4 Å². The summed E-state index contributed by atoms with van der Waals surface area (Å²) in [7, 11) is 5.67. The summed E-state index contributed by atoms with van der Waals surface area (Å²) >= 11 is 0. The molecular weight excluding hydrogens is 516 g/mol. The van der Waals surface area contributed by atoms with Gasteiger partial charge >= 0.3 is 6.03 Å². The quantitative estimate of drug-likeness (QED) is 0.421. The molecule has 41 heavy (non-hydrogen) atoms. The van der Waals surface area contributed by atoms with E-state index in [-0.39, 0.29) is 30.6 Å². The van der Waals surface area contributed by atoms with Crippen LogP contribution < -0.4 is 10.1 Å². The van der Waals surface area contributed by atoms with E-state index < -0.39 is 12.2 Å². The van der Waals surface area contributed by atoms with Crippen LogP contribution in [-0.2, 0) is 0 Å². The van der Waals surface area contributed by atoms with Gasteiger partial charge in [-0.25, -0.2) is 4.79 Å². The third-order valence-corrected chi connectivity index (χ3v) is 7.94. The molecule has 214 valence electrons. The average Bonchev–Trinajstić information content (AvgIpc) is 2.98. The van der Waals surface area contributed by atoms with Gasteiger partial charge in [-0.15, -0.1) is 0 Å². The first kappa shape index (κ1) is 28.7. The maximum absolute atomic E-state index is 13.4. The second-order valence-electron chi connectivity index (χ2n) is 11.1. The minimum absolute atomic E-state index is 0.00929. The van der Waals surface area contributed by atoms with Crippen LogP contribution in [0.4, 0.5) is 10.5 Å². The van der Waals surface area contributed by atoms with Crippen LogP contribution in [0.1, 0.15) is 22.6 Å². The Morgan fingerprint density at radius 3 is 2.17 bits per heavy atom. The summed E-state index contributed by atoms with van der Waals surface area (Å²) in [4.78, 5) is 19.4. The largest absolute Gasteiger partial charge is 0.497 e.